The fourth-order valence-electron chi connectivity index (χ4n) is 1.29. The largest absolute Gasteiger partial charge is 0.480 e. The SMILES string of the molecule is CC(C)c1c(C(=O)O)nnn1CC(=O)O. The maximum atomic E-state index is 10.8. The van der Waals surface area contributed by atoms with Crippen LogP contribution in [-0.2, 0) is 11.3 Å². The van der Waals surface area contributed by atoms with E-state index in [1.54, 1.807) is 13.8 Å². The Morgan fingerprint density at radius 1 is 1.40 bits per heavy atom. The summed E-state index contributed by atoms with van der Waals surface area (Å²) in [7, 11) is 0. The molecule has 0 radical (unpaired) electrons. The molecule has 1 heterocycles. The van der Waals surface area contributed by atoms with Crippen molar-refractivity contribution in [1.82, 2.24) is 15.0 Å². The van der Waals surface area contributed by atoms with Gasteiger partial charge in [0.25, 0.3) is 0 Å². The second kappa shape index (κ2) is 4.07. The van der Waals surface area contributed by atoms with E-state index in [0.717, 1.165) is 4.68 Å². The third-order valence-electron chi connectivity index (χ3n) is 1.81. The summed E-state index contributed by atoms with van der Waals surface area (Å²) in [5, 5.41) is 24.3. The molecule has 1 aromatic rings. The Bertz CT molecular complexity index is 397. The zero-order chi connectivity index (χ0) is 11.6. The Morgan fingerprint density at radius 2 is 2.00 bits per heavy atom. The van der Waals surface area contributed by atoms with Gasteiger partial charge in [-0.2, -0.15) is 0 Å². The maximum absolute atomic E-state index is 10.8. The molecular formula is C8H11N3O4. The van der Waals surface area contributed by atoms with Crippen molar-refractivity contribution in [2.75, 3.05) is 0 Å². The van der Waals surface area contributed by atoms with E-state index in [4.69, 9.17) is 10.2 Å². The van der Waals surface area contributed by atoms with Gasteiger partial charge < -0.3 is 10.2 Å². The highest BCUT2D eigenvalue weighted by molar-refractivity contribution is 5.86. The van der Waals surface area contributed by atoms with Crippen LogP contribution in [0, 0.1) is 0 Å². The summed E-state index contributed by atoms with van der Waals surface area (Å²) in [5.41, 5.74) is 0.135. The first kappa shape index (κ1) is 11.2. The van der Waals surface area contributed by atoms with Gasteiger partial charge in [-0.1, -0.05) is 19.1 Å². The van der Waals surface area contributed by atoms with E-state index >= 15 is 0 Å². The minimum atomic E-state index is -1.20. The molecule has 0 bridgehead atoms. The van der Waals surface area contributed by atoms with Crippen molar-refractivity contribution in [2.45, 2.75) is 26.3 Å². The van der Waals surface area contributed by atoms with E-state index in [2.05, 4.69) is 10.3 Å². The number of carboxylic acid groups (broad SMARTS) is 2. The summed E-state index contributed by atoms with van der Waals surface area (Å²) in [6.45, 7) is 3.13. The lowest BCUT2D eigenvalue weighted by atomic mass is 10.1. The summed E-state index contributed by atoms with van der Waals surface area (Å²) in [6.07, 6.45) is 0. The lowest BCUT2D eigenvalue weighted by molar-refractivity contribution is -0.138. The molecule has 2 N–H and O–H groups in total. The average Bonchev–Trinajstić information content (AvgIpc) is 2.46. The minimum Gasteiger partial charge on any atom is -0.480 e. The highest BCUT2D eigenvalue weighted by atomic mass is 16.4. The smallest absolute Gasteiger partial charge is 0.358 e. The molecule has 7 heteroatoms. The quantitative estimate of drug-likeness (QED) is 0.739. The van der Waals surface area contributed by atoms with Crippen molar-refractivity contribution >= 4 is 11.9 Å². The standard InChI is InChI=1S/C8H11N3O4/c1-4(2)7-6(8(14)15)9-10-11(7)3-5(12)13/h4H,3H2,1-2H3,(H,12,13)(H,14,15). The second-order valence-electron chi connectivity index (χ2n) is 3.33. The van der Waals surface area contributed by atoms with Crippen molar-refractivity contribution in [2.24, 2.45) is 0 Å². The summed E-state index contributed by atoms with van der Waals surface area (Å²) in [6, 6.07) is 0. The van der Waals surface area contributed by atoms with Crippen LogP contribution in [0.4, 0.5) is 0 Å². The molecule has 0 aromatic carbocycles. The molecule has 1 rings (SSSR count). The van der Waals surface area contributed by atoms with Crippen LogP contribution in [0.15, 0.2) is 0 Å². The predicted octanol–water partition coefficient (Wildman–Crippen LogP) is 0.184. The summed E-state index contributed by atoms with van der Waals surface area (Å²) >= 11 is 0. The zero-order valence-electron chi connectivity index (χ0n) is 8.34. The molecule has 0 aliphatic heterocycles. The normalized spacial score (nSPS) is 10.6. The fourth-order valence-corrected chi connectivity index (χ4v) is 1.29. The van der Waals surface area contributed by atoms with Gasteiger partial charge in [-0.15, -0.1) is 5.10 Å². The number of nitrogens with zero attached hydrogens (tertiary/aromatic N) is 3. The van der Waals surface area contributed by atoms with Crippen LogP contribution in [-0.4, -0.2) is 37.1 Å². The highest BCUT2D eigenvalue weighted by Gasteiger charge is 2.22. The Balaban J connectivity index is 3.17. The Hall–Kier alpha value is -1.92. The van der Waals surface area contributed by atoms with Crippen molar-refractivity contribution in [1.29, 1.82) is 0 Å². The molecule has 0 fully saturated rings. The summed E-state index contributed by atoms with van der Waals surface area (Å²) in [5.74, 6) is -2.43. The van der Waals surface area contributed by atoms with Gasteiger partial charge in [-0.05, 0) is 5.92 Å². The number of carbonyl (C=O) groups is 2. The maximum Gasteiger partial charge on any atom is 0.358 e. The van der Waals surface area contributed by atoms with Crippen LogP contribution in [0.1, 0.15) is 35.9 Å². The first-order chi connectivity index (χ1) is 6.93. The third kappa shape index (κ3) is 2.30. The number of hydrogen-bond acceptors (Lipinski definition) is 4. The summed E-state index contributed by atoms with van der Waals surface area (Å²) in [4.78, 5) is 21.2. The zero-order valence-corrected chi connectivity index (χ0v) is 8.34. The van der Waals surface area contributed by atoms with Gasteiger partial charge in [0, 0.05) is 0 Å². The number of rotatable bonds is 4. The van der Waals surface area contributed by atoms with Gasteiger partial charge in [-0.3, -0.25) is 4.79 Å². The number of carboxylic acids is 2. The van der Waals surface area contributed by atoms with Crippen LogP contribution in [0.3, 0.4) is 0 Å². The molecule has 0 saturated heterocycles. The molecule has 0 unspecified atom stereocenters. The Morgan fingerprint density at radius 3 is 2.40 bits per heavy atom. The molecular weight excluding hydrogens is 202 g/mol. The van der Waals surface area contributed by atoms with Crippen LogP contribution in [0.25, 0.3) is 0 Å². The summed E-state index contributed by atoms with van der Waals surface area (Å²) < 4.78 is 1.09. The molecule has 0 atom stereocenters. The lowest BCUT2D eigenvalue weighted by Crippen LogP contribution is -2.15. The van der Waals surface area contributed by atoms with E-state index in [1.165, 1.54) is 0 Å². The topological polar surface area (TPSA) is 105 Å². The van der Waals surface area contributed by atoms with E-state index in [9.17, 15) is 9.59 Å². The molecule has 0 spiro atoms. The first-order valence-electron chi connectivity index (χ1n) is 4.32. The van der Waals surface area contributed by atoms with Crippen molar-refractivity contribution in [3.8, 4) is 0 Å². The van der Waals surface area contributed by atoms with Crippen LogP contribution in [0.5, 0.6) is 0 Å². The number of aliphatic carboxylic acids is 1. The van der Waals surface area contributed by atoms with Crippen LogP contribution < -0.4 is 0 Å². The second-order valence-corrected chi connectivity index (χ2v) is 3.33. The first-order valence-corrected chi connectivity index (χ1v) is 4.32. The van der Waals surface area contributed by atoms with E-state index in [0.29, 0.717) is 5.69 Å². The van der Waals surface area contributed by atoms with Gasteiger partial charge in [-0.25, -0.2) is 9.48 Å². The molecule has 82 valence electrons. The predicted molar refractivity (Wildman–Crippen MR) is 48.7 cm³/mol. The molecule has 0 amide bonds. The Labute approximate surface area is 85.3 Å². The van der Waals surface area contributed by atoms with Gasteiger partial charge in [0.05, 0.1) is 5.69 Å². The molecule has 1 aromatic heterocycles. The highest BCUT2D eigenvalue weighted by Crippen LogP contribution is 2.17. The van der Waals surface area contributed by atoms with E-state index in [1.807, 2.05) is 0 Å². The monoisotopic (exact) mass is 213 g/mol. The van der Waals surface area contributed by atoms with E-state index < -0.39 is 11.9 Å². The van der Waals surface area contributed by atoms with Crippen molar-refractivity contribution in [3.05, 3.63) is 11.4 Å². The number of aromatic carboxylic acids is 1. The fraction of sp³-hybridized carbons (Fsp3) is 0.500. The average molecular weight is 213 g/mol. The molecule has 0 aliphatic rings. The van der Waals surface area contributed by atoms with Gasteiger partial charge >= 0.3 is 11.9 Å². The lowest BCUT2D eigenvalue weighted by Gasteiger charge is -2.07. The van der Waals surface area contributed by atoms with Crippen molar-refractivity contribution < 1.29 is 19.8 Å². The van der Waals surface area contributed by atoms with Gasteiger partial charge in [0.2, 0.25) is 0 Å². The number of aromatic nitrogens is 3. The molecule has 7 nitrogen and oxygen atoms in total. The Kier molecular flexibility index (Phi) is 3.03. The van der Waals surface area contributed by atoms with Crippen LogP contribution >= 0.6 is 0 Å². The van der Waals surface area contributed by atoms with Crippen LogP contribution in [0.2, 0.25) is 0 Å². The van der Waals surface area contributed by atoms with Crippen molar-refractivity contribution in [3.63, 3.8) is 0 Å². The van der Waals surface area contributed by atoms with Gasteiger partial charge in [0.1, 0.15) is 6.54 Å². The number of hydrogen-bond donors (Lipinski definition) is 2. The third-order valence-corrected chi connectivity index (χ3v) is 1.81. The molecule has 15 heavy (non-hydrogen) atoms. The molecule has 0 aliphatic carbocycles. The van der Waals surface area contributed by atoms with Gasteiger partial charge in [0.15, 0.2) is 5.69 Å². The van der Waals surface area contributed by atoms with E-state index in [-0.39, 0.29) is 18.2 Å². The minimum absolute atomic E-state index is 0.148. The molecule has 0 saturated carbocycles.